The Kier molecular flexibility index (Phi) is 1.94. The molecule has 14 heavy (non-hydrogen) atoms. The van der Waals surface area contributed by atoms with E-state index in [9.17, 15) is 15.0 Å². The molecule has 2 rings (SSSR count). The summed E-state index contributed by atoms with van der Waals surface area (Å²) in [5.74, 6) is -0.746. The second kappa shape index (κ2) is 2.90. The van der Waals surface area contributed by atoms with Gasteiger partial charge < -0.3 is 15.3 Å². The second-order valence-corrected chi connectivity index (χ2v) is 4.29. The Bertz CT molecular complexity index is 301. The molecular weight excluding hydrogens is 184 g/mol. The standard InChI is InChI=1S/C10H14O4/c11-7-2-1-6(5-8(7)12)10(3-4-10)9(13)14/h6,11-12H,1-5H2,(H,13,14)/t6-/m0/s1. The van der Waals surface area contributed by atoms with Gasteiger partial charge in [0.05, 0.1) is 5.41 Å². The molecule has 0 unspecified atom stereocenters. The van der Waals surface area contributed by atoms with E-state index in [0.29, 0.717) is 32.1 Å². The number of carbonyl (C=O) groups is 1. The highest BCUT2D eigenvalue weighted by atomic mass is 16.4. The van der Waals surface area contributed by atoms with Crippen LogP contribution >= 0.6 is 0 Å². The molecule has 0 aliphatic heterocycles. The van der Waals surface area contributed by atoms with Crippen molar-refractivity contribution >= 4 is 5.97 Å². The fourth-order valence-corrected chi connectivity index (χ4v) is 2.31. The summed E-state index contributed by atoms with van der Waals surface area (Å²) in [5, 5.41) is 27.6. The van der Waals surface area contributed by atoms with E-state index in [1.54, 1.807) is 0 Å². The summed E-state index contributed by atoms with van der Waals surface area (Å²) in [5.41, 5.74) is -0.602. The Morgan fingerprint density at radius 3 is 2.36 bits per heavy atom. The van der Waals surface area contributed by atoms with Crippen molar-refractivity contribution < 1.29 is 20.1 Å². The lowest BCUT2D eigenvalue weighted by atomic mass is 9.79. The molecule has 0 aromatic rings. The number of carboxylic acids is 1. The molecular formula is C10H14O4. The van der Waals surface area contributed by atoms with E-state index in [1.807, 2.05) is 0 Å². The molecule has 0 spiro atoms. The van der Waals surface area contributed by atoms with Gasteiger partial charge in [0.2, 0.25) is 0 Å². The summed E-state index contributed by atoms with van der Waals surface area (Å²) >= 11 is 0. The van der Waals surface area contributed by atoms with Crippen LogP contribution in [0.3, 0.4) is 0 Å². The van der Waals surface area contributed by atoms with Crippen LogP contribution in [0.15, 0.2) is 11.5 Å². The minimum atomic E-state index is -0.753. The van der Waals surface area contributed by atoms with Crippen LogP contribution < -0.4 is 0 Å². The van der Waals surface area contributed by atoms with Crippen LogP contribution in [-0.4, -0.2) is 21.3 Å². The van der Waals surface area contributed by atoms with E-state index in [4.69, 9.17) is 5.11 Å². The topological polar surface area (TPSA) is 77.8 Å². The van der Waals surface area contributed by atoms with Crippen LogP contribution in [0, 0.1) is 11.3 Å². The van der Waals surface area contributed by atoms with Crippen molar-refractivity contribution in [2.24, 2.45) is 11.3 Å². The summed E-state index contributed by atoms with van der Waals surface area (Å²) in [4.78, 5) is 11.0. The predicted octanol–water partition coefficient (Wildman–Crippen LogP) is 1.98. The summed E-state index contributed by atoms with van der Waals surface area (Å²) in [7, 11) is 0. The first-order valence-electron chi connectivity index (χ1n) is 4.89. The summed E-state index contributed by atoms with van der Waals surface area (Å²) < 4.78 is 0. The van der Waals surface area contributed by atoms with Crippen molar-refractivity contribution in [2.75, 3.05) is 0 Å². The number of allylic oxidation sites excluding steroid dienone is 2. The SMILES string of the molecule is O=C(O)C1([C@H]2CCC(O)=C(O)C2)CC1. The van der Waals surface area contributed by atoms with Gasteiger partial charge in [-0.05, 0) is 25.2 Å². The first-order valence-corrected chi connectivity index (χ1v) is 4.89. The van der Waals surface area contributed by atoms with Crippen LogP contribution in [0.5, 0.6) is 0 Å². The number of aliphatic hydroxyl groups is 2. The van der Waals surface area contributed by atoms with Crippen molar-refractivity contribution in [3.8, 4) is 0 Å². The van der Waals surface area contributed by atoms with Gasteiger partial charge in [-0.2, -0.15) is 0 Å². The average molecular weight is 198 g/mol. The van der Waals surface area contributed by atoms with Crippen molar-refractivity contribution in [1.82, 2.24) is 0 Å². The van der Waals surface area contributed by atoms with E-state index in [1.165, 1.54) is 0 Å². The average Bonchev–Trinajstić information content (AvgIpc) is 2.90. The van der Waals surface area contributed by atoms with E-state index < -0.39 is 11.4 Å². The lowest BCUT2D eigenvalue weighted by Gasteiger charge is -2.26. The van der Waals surface area contributed by atoms with Crippen LogP contribution in [0.2, 0.25) is 0 Å². The highest BCUT2D eigenvalue weighted by Crippen LogP contribution is 2.56. The minimum Gasteiger partial charge on any atom is -0.509 e. The van der Waals surface area contributed by atoms with Gasteiger partial charge in [0.25, 0.3) is 0 Å². The van der Waals surface area contributed by atoms with Crippen LogP contribution in [0.25, 0.3) is 0 Å². The molecule has 0 heterocycles. The number of hydrogen-bond acceptors (Lipinski definition) is 3. The molecule has 1 atom stereocenters. The lowest BCUT2D eigenvalue weighted by molar-refractivity contribution is -0.146. The molecule has 0 saturated heterocycles. The smallest absolute Gasteiger partial charge is 0.309 e. The monoisotopic (exact) mass is 198 g/mol. The van der Waals surface area contributed by atoms with Gasteiger partial charge in [-0.15, -0.1) is 0 Å². The highest BCUT2D eigenvalue weighted by Gasteiger charge is 2.56. The van der Waals surface area contributed by atoms with E-state index >= 15 is 0 Å². The normalized spacial score (nSPS) is 30.1. The molecule has 4 nitrogen and oxygen atoms in total. The van der Waals surface area contributed by atoms with Gasteiger partial charge in [0.1, 0.15) is 11.5 Å². The molecule has 3 N–H and O–H groups in total. The molecule has 4 heteroatoms. The number of aliphatic carboxylic acids is 1. The third kappa shape index (κ3) is 1.25. The first-order chi connectivity index (χ1) is 6.56. The van der Waals surface area contributed by atoms with Crippen molar-refractivity contribution in [3.05, 3.63) is 11.5 Å². The molecule has 0 aromatic heterocycles. The molecule has 0 amide bonds. The molecule has 1 saturated carbocycles. The molecule has 2 aliphatic rings. The lowest BCUT2D eigenvalue weighted by Crippen LogP contribution is -2.28. The Hall–Kier alpha value is -1.19. The number of hydrogen-bond donors (Lipinski definition) is 3. The van der Waals surface area contributed by atoms with Gasteiger partial charge in [-0.25, -0.2) is 0 Å². The number of aliphatic hydroxyl groups excluding tert-OH is 2. The third-order valence-corrected chi connectivity index (χ3v) is 3.50. The van der Waals surface area contributed by atoms with Gasteiger partial charge in [-0.1, -0.05) is 0 Å². The van der Waals surface area contributed by atoms with Crippen molar-refractivity contribution in [3.63, 3.8) is 0 Å². The maximum absolute atomic E-state index is 11.0. The summed E-state index contributed by atoms with van der Waals surface area (Å²) in [6, 6.07) is 0. The largest absolute Gasteiger partial charge is 0.509 e. The molecule has 0 radical (unpaired) electrons. The zero-order chi connectivity index (χ0) is 10.3. The number of rotatable bonds is 2. The highest BCUT2D eigenvalue weighted by molar-refractivity contribution is 5.78. The zero-order valence-electron chi connectivity index (χ0n) is 7.86. The molecule has 2 aliphatic carbocycles. The van der Waals surface area contributed by atoms with Crippen LogP contribution in [-0.2, 0) is 4.79 Å². The van der Waals surface area contributed by atoms with Gasteiger partial charge >= 0.3 is 5.97 Å². The van der Waals surface area contributed by atoms with E-state index in [2.05, 4.69) is 0 Å². The minimum absolute atomic E-state index is 0.00380. The quantitative estimate of drug-likeness (QED) is 0.634. The Labute approximate surface area is 81.9 Å². The van der Waals surface area contributed by atoms with Gasteiger partial charge in [0, 0.05) is 12.8 Å². The van der Waals surface area contributed by atoms with Crippen LogP contribution in [0.4, 0.5) is 0 Å². The molecule has 1 fully saturated rings. The third-order valence-electron chi connectivity index (χ3n) is 3.50. The fourth-order valence-electron chi connectivity index (χ4n) is 2.31. The maximum Gasteiger partial charge on any atom is 0.309 e. The Morgan fingerprint density at radius 2 is 1.93 bits per heavy atom. The molecule has 78 valence electrons. The van der Waals surface area contributed by atoms with Gasteiger partial charge in [0.15, 0.2) is 0 Å². The van der Waals surface area contributed by atoms with Crippen molar-refractivity contribution in [2.45, 2.75) is 32.1 Å². The molecule has 0 bridgehead atoms. The van der Waals surface area contributed by atoms with Crippen molar-refractivity contribution in [1.29, 1.82) is 0 Å². The summed E-state index contributed by atoms with van der Waals surface area (Å²) in [6.07, 6.45) is 2.81. The predicted molar refractivity (Wildman–Crippen MR) is 48.9 cm³/mol. The second-order valence-electron chi connectivity index (χ2n) is 4.29. The number of carboxylic acid groups (broad SMARTS) is 1. The van der Waals surface area contributed by atoms with E-state index in [-0.39, 0.29) is 17.4 Å². The van der Waals surface area contributed by atoms with Crippen LogP contribution in [0.1, 0.15) is 32.1 Å². The maximum atomic E-state index is 11.0. The zero-order valence-corrected chi connectivity index (χ0v) is 7.86. The summed E-state index contributed by atoms with van der Waals surface area (Å²) in [6.45, 7) is 0. The Balaban J connectivity index is 2.12. The first kappa shape index (κ1) is 9.37. The van der Waals surface area contributed by atoms with Gasteiger partial charge in [-0.3, -0.25) is 4.79 Å². The fraction of sp³-hybridized carbons (Fsp3) is 0.700. The Morgan fingerprint density at radius 1 is 1.29 bits per heavy atom. The molecule has 0 aromatic carbocycles. The van der Waals surface area contributed by atoms with E-state index in [0.717, 1.165) is 0 Å².